The summed E-state index contributed by atoms with van der Waals surface area (Å²) >= 11 is 11.9. The van der Waals surface area contributed by atoms with Crippen LogP contribution in [0, 0.1) is 5.92 Å². The van der Waals surface area contributed by atoms with Gasteiger partial charge in [0.05, 0.1) is 11.5 Å². The molecule has 1 aliphatic heterocycles. The molecule has 1 saturated heterocycles. The molecule has 2 aromatic rings. The number of benzene rings is 2. The molecule has 0 bridgehead atoms. The Labute approximate surface area is 182 Å². The molecule has 1 aliphatic rings. The molecule has 0 spiro atoms. The van der Waals surface area contributed by atoms with Crippen LogP contribution in [0.25, 0.3) is 12.2 Å². The predicted molar refractivity (Wildman–Crippen MR) is 121 cm³/mol. The van der Waals surface area contributed by atoms with Crippen LogP contribution in [0.3, 0.4) is 0 Å². The lowest BCUT2D eigenvalue weighted by molar-refractivity contribution is -0.129. The van der Waals surface area contributed by atoms with Crippen molar-refractivity contribution in [1.82, 2.24) is 4.90 Å². The smallest absolute Gasteiger partial charge is 0.163 e. The molecule has 0 aromatic heterocycles. The third-order valence-corrected chi connectivity index (χ3v) is 5.91. The molecule has 2 aromatic carbocycles. The van der Waals surface area contributed by atoms with E-state index in [1.807, 2.05) is 42.5 Å². The topological polar surface area (TPSA) is 40.5 Å². The van der Waals surface area contributed by atoms with Gasteiger partial charge in [-0.2, -0.15) is 0 Å². The molecule has 2 atom stereocenters. The summed E-state index contributed by atoms with van der Waals surface area (Å²) in [5, 5.41) is 12.7. The number of rotatable bonds is 6. The minimum Gasteiger partial charge on any atom is -0.385 e. The first-order valence-corrected chi connectivity index (χ1v) is 10.5. The van der Waals surface area contributed by atoms with E-state index in [0.717, 1.165) is 24.2 Å². The zero-order valence-corrected chi connectivity index (χ0v) is 17.9. The molecule has 152 valence electrons. The molecule has 0 saturated carbocycles. The zero-order chi connectivity index (χ0) is 20.9. The molecule has 3 nitrogen and oxygen atoms in total. The number of hydrogen-bond donors (Lipinski definition) is 1. The van der Waals surface area contributed by atoms with E-state index in [-0.39, 0.29) is 5.78 Å². The summed E-state index contributed by atoms with van der Waals surface area (Å²) in [4.78, 5) is 15.2. The average Bonchev–Trinajstić information content (AvgIpc) is 2.73. The maximum absolute atomic E-state index is 13.0. The number of ketones is 1. The van der Waals surface area contributed by atoms with E-state index in [0.29, 0.717) is 23.0 Å². The quantitative estimate of drug-likeness (QED) is 0.627. The third-order valence-electron chi connectivity index (χ3n) is 5.41. The molecular weight excluding hydrogens is 405 g/mol. The van der Waals surface area contributed by atoms with Crippen LogP contribution in [-0.4, -0.2) is 41.0 Å². The predicted octanol–water partition coefficient (Wildman–Crippen LogP) is 5.36. The lowest BCUT2D eigenvalue weighted by atomic mass is 9.77. The highest BCUT2D eigenvalue weighted by atomic mass is 35.5. The maximum atomic E-state index is 13.0. The molecule has 0 amide bonds. The second-order valence-electron chi connectivity index (χ2n) is 7.36. The van der Waals surface area contributed by atoms with Gasteiger partial charge in [0.2, 0.25) is 0 Å². The molecular formula is C24H25Cl2NO2. The van der Waals surface area contributed by atoms with Gasteiger partial charge >= 0.3 is 0 Å². The van der Waals surface area contributed by atoms with E-state index >= 15 is 0 Å². The van der Waals surface area contributed by atoms with Crippen LogP contribution in [0.4, 0.5) is 0 Å². The summed E-state index contributed by atoms with van der Waals surface area (Å²) in [5.41, 5.74) is 0.641. The van der Waals surface area contributed by atoms with Crippen LogP contribution < -0.4 is 0 Å². The fourth-order valence-corrected chi connectivity index (χ4v) is 3.78. The molecule has 3 rings (SSSR count). The molecule has 5 heteroatoms. The lowest BCUT2D eigenvalue weighted by Gasteiger charge is -2.41. The molecule has 1 fully saturated rings. The van der Waals surface area contributed by atoms with E-state index in [1.165, 1.54) is 0 Å². The summed E-state index contributed by atoms with van der Waals surface area (Å²) in [6.07, 6.45) is 7.47. The standard InChI is InChI=1S/C24H25Cl2NO2/c1-2-27-16-15-24(29,14-13-19-5-10-21(26)11-6-19)22(17-27)23(28)12-7-18-3-8-20(25)9-4-18/h3-14,22,29H,2,15-17H2,1H3/b12-7-,14-13-/t22-,24+/m0/s1. The van der Waals surface area contributed by atoms with Gasteiger partial charge in [0.1, 0.15) is 0 Å². The number of carbonyl (C=O) groups excluding carboxylic acids is 1. The van der Waals surface area contributed by atoms with Gasteiger partial charge < -0.3 is 10.0 Å². The molecule has 0 aliphatic carbocycles. The van der Waals surface area contributed by atoms with Crippen molar-refractivity contribution in [2.75, 3.05) is 19.6 Å². The number of allylic oxidation sites excluding steroid dienone is 1. The Morgan fingerprint density at radius 2 is 1.62 bits per heavy atom. The second kappa shape index (κ2) is 9.73. The van der Waals surface area contributed by atoms with Crippen LogP contribution in [0.15, 0.2) is 60.7 Å². The van der Waals surface area contributed by atoms with E-state index in [4.69, 9.17) is 23.2 Å². The number of halogens is 2. The lowest BCUT2D eigenvalue weighted by Crippen LogP contribution is -2.53. The van der Waals surface area contributed by atoms with Gasteiger partial charge in [-0.05, 0) is 54.4 Å². The number of piperidine rings is 1. The van der Waals surface area contributed by atoms with Crippen LogP contribution in [-0.2, 0) is 4.79 Å². The zero-order valence-electron chi connectivity index (χ0n) is 16.4. The van der Waals surface area contributed by atoms with E-state index in [2.05, 4.69) is 11.8 Å². The Balaban J connectivity index is 1.81. The van der Waals surface area contributed by atoms with Crippen molar-refractivity contribution < 1.29 is 9.90 Å². The molecule has 29 heavy (non-hydrogen) atoms. The Morgan fingerprint density at radius 3 is 2.17 bits per heavy atom. The van der Waals surface area contributed by atoms with Crippen molar-refractivity contribution in [3.8, 4) is 0 Å². The monoisotopic (exact) mass is 429 g/mol. The molecule has 1 N–H and O–H groups in total. The second-order valence-corrected chi connectivity index (χ2v) is 8.23. The van der Waals surface area contributed by atoms with Crippen molar-refractivity contribution in [1.29, 1.82) is 0 Å². The first-order valence-electron chi connectivity index (χ1n) is 9.76. The number of hydrogen-bond acceptors (Lipinski definition) is 3. The largest absolute Gasteiger partial charge is 0.385 e. The highest BCUT2D eigenvalue weighted by molar-refractivity contribution is 6.30. The number of nitrogens with zero attached hydrogens (tertiary/aromatic N) is 1. The Morgan fingerprint density at radius 1 is 1.07 bits per heavy atom. The minimum absolute atomic E-state index is 0.0821. The van der Waals surface area contributed by atoms with E-state index in [9.17, 15) is 9.90 Å². The normalized spacial score (nSPS) is 23.1. The van der Waals surface area contributed by atoms with Crippen molar-refractivity contribution >= 4 is 41.1 Å². The maximum Gasteiger partial charge on any atom is 0.163 e. The summed E-state index contributed by atoms with van der Waals surface area (Å²) in [7, 11) is 0. The summed E-state index contributed by atoms with van der Waals surface area (Å²) in [6, 6.07) is 14.7. The van der Waals surface area contributed by atoms with Crippen molar-refractivity contribution in [2.24, 2.45) is 5.92 Å². The number of carbonyl (C=O) groups is 1. The fraction of sp³-hybridized carbons (Fsp3) is 0.292. The molecule has 0 unspecified atom stereocenters. The van der Waals surface area contributed by atoms with Crippen molar-refractivity contribution in [3.05, 3.63) is 81.9 Å². The fourth-order valence-electron chi connectivity index (χ4n) is 3.52. The SMILES string of the molecule is CCN1CC[C@](O)(/C=C\c2ccc(Cl)cc2)[C@H](C(=O)/C=C\c2ccc(Cl)cc2)C1. The highest BCUT2D eigenvalue weighted by Crippen LogP contribution is 2.31. The third kappa shape index (κ3) is 5.80. The van der Waals surface area contributed by atoms with Gasteiger partial charge in [0, 0.05) is 23.1 Å². The van der Waals surface area contributed by atoms with Crippen LogP contribution in [0.1, 0.15) is 24.5 Å². The highest BCUT2D eigenvalue weighted by Gasteiger charge is 2.42. The van der Waals surface area contributed by atoms with Gasteiger partial charge in [-0.15, -0.1) is 0 Å². The van der Waals surface area contributed by atoms with Crippen LogP contribution >= 0.6 is 23.2 Å². The van der Waals surface area contributed by atoms with Gasteiger partial charge in [-0.3, -0.25) is 4.79 Å². The summed E-state index contributed by atoms with van der Waals surface area (Å²) in [6.45, 7) is 4.20. The molecule has 0 radical (unpaired) electrons. The van der Waals surface area contributed by atoms with Gasteiger partial charge in [0.25, 0.3) is 0 Å². The number of likely N-dealkylation sites (tertiary alicyclic amines) is 1. The molecule has 1 heterocycles. The first-order chi connectivity index (χ1) is 13.9. The van der Waals surface area contributed by atoms with Crippen LogP contribution in [0.5, 0.6) is 0 Å². The van der Waals surface area contributed by atoms with Crippen molar-refractivity contribution in [3.63, 3.8) is 0 Å². The summed E-state index contributed by atoms with van der Waals surface area (Å²) < 4.78 is 0. The average molecular weight is 430 g/mol. The van der Waals surface area contributed by atoms with Gasteiger partial charge in [-0.25, -0.2) is 0 Å². The van der Waals surface area contributed by atoms with Gasteiger partial charge in [-0.1, -0.05) is 72.6 Å². The Hall–Kier alpha value is -1.91. The van der Waals surface area contributed by atoms with E-state index < -0.39 is 11.5 Å². The van der Waals surface area contributed by atoms with E-state index in [1.54, 1.807) is 30.4 Å². The number of aliphatic hydroxyl groups is 1. The Bertz CT molecular complexity index is 890. The van der Waals surface area contributed by atoms with Crippen LogP contribution in [0.2, 0.25) is 10.0 Å². The Kier molecular flexibility index (Phi) is 7.31. The first kappa shape index (κ1) is 21.8. The minimum atomic E-state index is -1.19. The van der Waals surface area contributed by atoms with Gasteiger partial charge in [0.15, 0.2) is 5.78 Å². The van der Waals surface area contributed by atoms with Crippen molar-refractivity contribution in [2.45, 2.75) is 18.9 Å². The summed E-state index contributed by atoms with van der Waals surface area (Å²) in [5.74, 6) is -0.607.